The SMILES string of the molecule is CCCN(CCC(=O)Nc1nnc(-c2ccc3c(c2)OCO3)s1)C(=O)C(C)C. The topological polar surface area (TPSA) is 93.7 Å². The van der Waals surface area contributed by atoms with Gasteiger partial charge in [0.2, 0.25) is 23.7 Å². The third-order valence-corrected chi connectivity index (χ3v) is 5.09. The Kier molecular flexibility index (Phi) is 6.45. The number of aromatic nitrogens is 2. The first-order valence-corrected chi connectivity index (χ1v) is 10.1. The van der Waals surface area contributed by atoms with Gasteiger partial charge in [-0.1, -0.05) is 32.1 Å². The third kappa shape index (κ3) is 4.78. The second kappa shape index (κ2) is 9.01. The maximum absolute atomic E-state index is 12.3. The van der Waals surface area contributed by atoms with Crippen LogP contribution in [0.2, 0.25) is 0 Å². The summed E-state index contributed by atoms with van der Waals surface area (Å²) >= 11 is 1.28. The van der Waals surface area contributed by atoms with E-state index in [4.69, 9.17) is 9.47 Å². The van der Waals surface area contributed by atoms with Gasteiger partial charge < -0.3 is 19.7 Å². The van der Waals surface area contributed by atoms with Gasteiger partial charge >= 0.3 is 0 Å². The lowest BCUT2D eigenvalue weighted by atomic mass is 10.2. The molecule has 9 heteroatoms. The summed E-state index contributed by atoms with van der Waals surface area (Å²) in [6.45, 7) is 7.00. The van der Waals surface area contributed by atoms with Crippen molar-refractivity contribution in [3.05, 3.63) is 18.2 Å². The van der Waals surface area contributed by atoms with E-state index in [0.29, 0.717) is 34.7 Å². The zero-order valence-corrected chi connectivity index (χ0v) is 17.0. The van der Waals surface area contributed by atoms with E-state index in [9.17, 15) is 9.59 Å². The highest BCUT2D eigenvalue weighted by Gasteiger charge is 2.19. The van der Waals surface area contributed by atoms with Crippen LogP contribution in [-0.2, 0) is 9.59 Å². The molecule has 8 nitrogen and oxygen atoms in total. The van der Waals surface area contributed by atoms with Gasteiger partial charge in [0.1, 0.15) is 5.01 Å². The first-order valence-electron chi connectivity index (χ1n) is 9.30. The van der Waals surface area contributed by atoms with E-state index in [1.54, 1.807) is 4.90 Å². The monoisotopic (exact) mass is 404 g/mol. The number of fused-ring (bicyclic) bond motifs is 1. The fraction of sp³-hybridized carbons (Fsp3) is 0.474. The molecule has 0 radical (unpaired) electrons. The molecular formula is C19H24N4O4S. The predicted molar refractivity (Wildman–Crippen MR) is 106 cm³/mol. The minimum Gasteiger partial charge on any atom is -0.454 e. The van der Waals surface area contributed by atoms with Gasteiger partial charge in [0, 0.05) is 31.0 Å². The molecule has 28 heavy (non-hydrogen) atoms. The minimum absolute atomic E-state index is 0.0654. The van der Waals surface area contributed by atoms with Crippen LogP contribution in [-0.4, -0.2) is 46.8 Å². The van der Waals surface area contributed by atoms with Gasteiger partial charge in [-0.2, -0.15) is 0 Å². The number of ether oxygens (including phenoxy) is 2. The van der Waals surface area contributed by atoms with Gasteiger partial charge in [-0.05, 0) is 24.6 Å². The molecule has 1 aromatic carbocycles. The molecule has 2 amide bonds. The maximum atomic E-state index is 12.3. The summed E-state index contributed by atoms with van der Waals surface area (Å²) in [6, 6.07) is 5.54. The molecule has 0 unspecified atom stereocenters. The van der Waals surface area contributed by atoms with Crippen LogP contribution in [0.4, 0.5) is 5.13 Å². The molecule has 1 aliphatic heterocycles. The molecule has 1 aliphatic rings. The summed E-state index contributed by atoms with van der Waals surface area (Å²) in [5.74, 6) is 1.17. The lowest BCUT2D eigenvalue weighted by molar-refractivity contribution is -0.134. The number of rotatable bonds is 8. The molecule has 0 atom stereocenters. The molecule has 2 heterocycles. The Morgan fingerprint density at radius 3 is 2.75 bits per heavy atom. The Bertz CT molecular complexity index is 852. The van der Waals surface area contributed by atoms with Gasteiger partial charge in [0.15, 0.2) is 11.5 Å². The predicted octanol–water partition coefficient (Wildman–Crippen LogP) is 3.16. The van der Waals surface area contributed by atoms with Crippen molar-refractivity contribution in [2.24, 2.45) is 5.92 Å². The van der Waals surface area contributed by atoms with Crippen molar-refractivity contribution in [1.82, 2.24) is 15.1 Å². The fourth-order valence-corrected chi connectivity index (χ4v) is 3.56. The summed E-state index contributed by atoms with van der Waals surface area (Å²) in [5.41, 5.74) is 0.846. The number of hydrogen-bond acceptors (Lipinski definition) is 7. The first-order chi connectivity index (χ1) is 13.5. The first kappa shape index (κ1) is 20.1. The average Bonchev–Trinajstić information content (AvgIpc) is 3.33. The molecule has 2 aromatic rings. The molecule has 0 spiro atoms. The minimum atomic E-state index is -0.189. The van der Waals surface area contributed by atoms with Crippen molar-refractivity contribution < 1.29 is 19.1 Å². The highest BCUT2D eigenvalue weighted by Crippen LogP contribution is 2.37. The maximum Gasteiger partial charge on any atom is 0.231 e. The van der Waals surface area contributed by atoms with Crippen LogP contribution in [0.25, 0.3) is 10.6 Å². The van der Waals surface area contributed by atoms with E-state index in [1.807, 2.05) is 39.0 Å². The normalized spacial score (nSPS) is 12.3. The fourth-order valence-electron chi connectivity index (χ4n) is 2.81. The second-order valence-electron chi connectivity index (χ2n) is 6.76. The van der Waals surface area contributed by atoms with Crippen molar-refractivity contribution >= 4 is 28.3 Å². The highest BCUT2D eigenvalue weighted by molar-refractivity contribution is 7.18. The van der Waals surface area contributed by atoms with Crippen LogP contribution < -0.4 is 14.8 Å². The zero-order valence-electron chi connectivity index (χ0n) is 16.2. The molecule has 1 N–H and O–H groups in total. The molecule has 1 aromatic heterocycles. The summed E-state index contributed by atoms with van der Waals surface area (Å²) in [6.07, 6.45) is 1.08. The number of hydrogen-bond donors (Lipinski definition) is 1. The number of benzene rings is 1. The summed E-state index contributed by atoms with van der Waals surface area (Å²) in [7, 11) is 0. The van der Waals surface area contributed by atoms with Crippen LogP contribution in [0.5, 0.6) is 11.5 Å². The second-order valence-corrected chi connectivity index (χ2v) is 7.74. The molecule has 0 fully saturated rings. The number of carbonyl (C=O) groups is 2. The average molecular weight is 404 g/mol. The lowest BCUT2D eigenvalue weighted by Crippen LogP contribution is -2.37. The zero-order chi connectivity index (χ0) is 20.1. The molecule has 0 aliphatic carbocycles. The molecule has 0 saturated carbocycles. The van der Waals surface area contributed by atoms with Gasteiger partial charge in [-0.15, -0.1) is 10.2 Å². The van der Waals surface area contributed by atoms with E-state index >= 15 is 0 Å². The smallest absolute Gasteiger partial charge is 0.231 e. The van der Waals surface area contributed by atoms with Crippen molar-refractivity contribution in [3.8, 4) is 22.1 Å². The Balaban J connectivity index is 1.57. The van der Waals surface area contributed by atoms with Crippen LogP contribution >= 0.6 is 11.3 Å². The Labute approximate surface area is 167 Å². The summed E-state index contributed by atoms with van der Waals surface area (Å²) in [4.78, 5) is 26.2. The van der Waals surface area contributed by atoms with E-state index in [1.165, 1.54) is 11.3 Å². The van der Waals surface area contributed by atoms with Crippen molar-refractivity contribution in [2.45, 2.75) is 33.6 Å². The number of amides is 2. The summed E-state index contributed by atoms with van der Waals surface area (Å²) in [5, 5.41) is 12.0. The molecule has 0 bridgehead atoms. The lowest BCUT2D eigenvalue weighted by Gasteiger charge is -2.23. The van der Waals surface area contributed by atoms with Crippen LogP contribution in [0.1, 0.15) is 33.6 Å². The van der Waals surface area contributed by atoms with E-state index < -0.39 is 0 Å². The number of nitrogens with zero attached hydrogens (tertiary/aromatic N) is 3. The van der Waals surface area contributed by atoms with Gasteiger partial charge in [0.05, 0.1) is 0 Å². The molecule has 3 rings (SSSR count). The van der Waals surface area contributed by atoms with E-state index in [2.05, 4.69) is 15.5 Å². The Morgan fingerprint density at radius 2 is 2.00 bits per heavy atom. The summed E-state index contributed by atoms with van der Waals surface area (Å²) < 4.78 is 10.7. The number of nitrogens with one attached hydrogen (secondary N) is 1. The van der Waals surface area contributed by atoms with E-state index in [0.717, 1.165) is 12.0 Å². The van der Waals surface area contributed by atoms with Crippen molar-refractivity contribution in [3.63, 3.8) is 0 Å². The van der Waals surface area contributed by atoms with Crippen LogP contribution in [0.3, 0.4) is 0 Å². The Hall–Kier alpha value is -2.68. The van der Waals surface area contributed by atoms with Crippen molar-refractivity contribution in [1.29, 1.82) is 0 Å². The van der Waals surface area contributed by atoms with Crippen LogP contribution in [0, 0.1) is 5.92 Å². The number of anilines is 1. The van der Waals surface area contributed by atoms with Crippen molar-refractivity contribution in [2.75, 3.05) is 25.2 Å². The third-order valence-electron chi connectivity index (χ3n) is 4.20. The molecule has 150 valence electrons. The molecular weight excluding hydrogens is 380 g/mol. The van der Waals surface area contributed by atoms with E-state index in [-0.39, 0.29) is 30.9 Å². The Morgan fingerprint density at radius 1 is 1.21 bits per heavy atom. The number of carbonyl (C=O) groups excluding carboxylic acids is 2. The van der Waals surface area contributed by atoms with Gasteiger partial charge in [-0.3, -0.25) is 9.59 Å². The highest BCUT2D eigenvalue weighted by atomic mass is 32.1. The standard InChI is InChI=1S/C19H24N4O4S/c1-4-8-23(18(25)12(2)3)9-7-16(24)20-19-22-21-17(28-19)13-5-6-14-15(10-13)27-11-26-14/h5-6,10,12H,4,7-9,11H2,1-3H3,(H,20,22,24). The molecule has 0 saturated heterocycles. The van der Waals surface area contributed by atoms with Gasteiger partial charge in [-0.25, -0.2) is 0 Å². The largest absolute Gasteiger partial charge is 0.454 e. The van der Waals surface area contributed by atoms with Gasteiger partial charge in [0.25, 0.3) is 0 Å². The van der Waals surface area contributed by atoms with Crippen LogP contribution in [0.15, 0.2) is 18.2 Å². The quantitative estimate of drug-likeness (QED) is 0.726.